The van der Waals surface area contributed by atoms with Crippen molar-refractivity contribution in [2.24, 2.45) is 0 Å². The molecule has 0 radical (unpaired) electrons. The van der Waals surface area contributed by atoms with Gasteiger partial charge in [0.15, 0.2) is 0 Å². The van der Waals surface area contributed by atoms with Crippen molar-refractivity contribution in [1.82, 2.24) is 15.5 Å². The first-order chi connectivity index (χ1) is 8.15. The highest BCUT2D eigenvalue weighted by molar-refractivity contribution is 5.72. The van der Waals surface area contributed by atoms with Crippen LogP contribution in [-0.2, 0) is 11.3 Å². The molecule has 1 heterocycles. The van der Waals surface area contributed by atoms with Gasteiger partial charge < -0.3 is 9.73 Å². The predicted molar refractivity (Wildman–Crippen MR) is 62.0 cm³/mol. The summed E-state index contributed by atoms with van der Waals surface area (Å²) in [6.45, 7) is 3.70. The Bertz CT molecular complexity index is 534. The van der Waals surface area contributed by atoms with E-state index in [-0.39, 0.29) is 12.5 Å². The van der Waals surface area contributed by atoms with E-state index in [1.165, 1.54) is 6.92 Å². The summed E-state index contributed by atoms with van der Waals surface area (Å²) in [7, 11) is 0. The smallest absolute Gasteiger partial charge is 0.247 e. The molecule has 88 valence electrons. The molecule has 0 aliphatic heterocycles. The minimum atomic E-state index is -0.125. The van der Waals surface area contributed by atoms with Crippen molar-refractivity contribution in [1.29, 1.82) is 0 Å². The maximum atomic E-state index is 10.7. The highest BCUT2D eigenvalue weighted by atomic mass is 16.4. The standard InChI is InChI=1S/C12H13N3O2/c1-8-4-3-5-10(6-8)12-15-14-11(17-12)7-13-9(2)16/h3-6H,7H2,1-2H3,(H,13,16). The minimum absolute atomic E-state index is 0.125. The van der Waals surface area contributed by atoms with E-state index < -0.39 is 0 Å². The fraction of sp³-hybridized carbons (Fsp3) is 0.250. The molecule has 1 N–H and O–H groups in total. The molecule has 2 aromatic rings. The summed E-state index contributed by atoms with van der Waals surface area (Å²) in [6.07, 6.45) is 0. The molecule has 0 saturated carbocycles. The van der Waals surface area contributed by atoms with Crippen LogP contribution >= 0.6 is 0 Å². The lowest BCUT2D eigenvalue weighted by Gasteiger charge is -1.97. The molecule has 0 spiro atoms. The molecular formula is C12H13N3O2. The zero-order valence-corrected chi connectivity index (χ0v) is 9.73. The maximum Gasteiger partial charge on any atom is 0.247 e. The van der Waals surface area contributed by atoms with Gasteiger partial charge in [0.2, 0.25) is 17.7 Å². The normalized spacial score (nSPS) is 10.2. The Morgan fingerprint density at radius 3 is 2.94 bits per heavy atom. The minimum Gasteiger partial charge on any atom is -0.419 e. The Balaban J connectivity index is 2.15. The first-order valence-corrected chi connectivity index (χ1v) is 5.29. The van der Waals surface area contributed by atoms with Crippen LogP contribution in [0.15, 0.2) is 28.7 Å². The van der Waals surface area contributed by atoms with Crippen LogP contribution in [0.1, 0.15) is 18.4 Å². The fourth-order valence-electron chi connectivity index (χ4n) is 1.42. The number of rotatable bonds is 3. The highest BCUT2D eigenvalue weighted by Gasteiger charge is 2.08. The Kier molecular flexibility index (Phi) is 3.18. The van der Waals surface area contributed by atoms with Gasteiger partial charge in [-0.2, -0.15) is 0 Å². The Morgan fingerprint density at radius 2 is 2.24 bits per heavy atom. The van der Waals surface area contributed by atoms with Crippen LogP contribution in [0, 0.1) is 6.92 Å². The summed E-state index contributed by atoms with van der Waals surface area (Å²) in [5.41, 5.74) is 2.01. The second kappa shape index (κ2) is 4.78. The lowest BCUT2D eigenvalue weighted by atomic mass is 10.1. The quantitative estimate of drug-likeness (QED) is 0.872. The van der Waals surface area contributed by atoms with E-state index in [1.807, 2.05) is 31.2 Å². The molecule has 0 atom stereocenters. The molecule has 0 saturated heterocycles. The van der Waals surface area contributed by atoms with Crippen LogP contribution in [0.3, 0.4) is 0 Å². The van der Waals surface area contributed by atoms with Crippen LogP contribution in [0.2, 0.25) is 0 Å². The molecule has 0 fully saturated rings. The Labute approximate surface area is 98.9 Å². The third-order valence-electron chi connectivity index (χ3n) is 2.22. The number of aryl methyl sites for hydroxylation is 1. The summed E-state index contributed by atoms with van der Waals surface area (Å²) >= 11 is 0. The lowest BCUT2D eigenvalue weighted by molar-refractivity contribution is -0.119. The van der Waals surface area contributed by atoms with Crippen molar-refractivity contribution in [3.63, 3.8) is 0 Å². The van der Waals surface area contributed by atoms with Crippen molar-refractivity contribution in [2.45, 2.75) is 20.4 Å². The van der Waals surface area contributed by atoms with E-state index in [2.05, 4.69) is 15.5 Å². The monoisotopic (exact) mass is 231 g/mol. The zero-order valence-electron chi connectivity index (χ0n) is 9.73. The third kappa shape index (κ3) is 2.90. The third-order valence-corrected chi connectivity index (χ3v) is 2.22. The molecule has 5 heteroatoms. The van der Waals surface area contributed by atoms with E-state index in [9.17, 15) is 4.79 Å². The number of amides is 1. The van der Waals surface area contributed by atoms with Crippen LogP contribution in [0.4, 0.5) is 0 Å². The summed E-state index contributed by atoms with van der Waals surface area (Å²) in [5.74, 6) is 0.742. The van der Waals surface area contributed by atoms with Crippen LogP contribution in [-0.4, -0.2) is 16.1 Å². The molecule has 0 bridgehead atoms. The maximum absolute atomic E-state index is 10.7. The summed E-state index contributed by atoms with van der Waals surface area (Å²) in [5, 5.41) is 10.4. The van der Waals surface area contributed by atoms with Gasteiger partial charge >= 0.3 is 0 Å². The topological polar surface area (TPSA) is 68.0 Å². The van der Waals surface area contributed by atoms with Crippen LogP contribution in [0.25, 0.3) is 11.5 Å². The lowest BCUT2D eigenvalue weighted by Crippen LogP contribution is -2.18. The molecule has 5 nitrogen and oxygen atoms in total. The van der Waals surface area contributed by atoms with Crippen LogP contribution < -0.4 is 5.32 Å². The highest BCUT2D eigenvalue weighted by Crippen LogP contribution is 2.18. The number of hydrogen-bond donors (Lipinski definition) is 1. The van der Waals surface area contributed by atoms with Gasteiger partial charge in [0, 0.05) is 12.5 Å². The predicted octanol–water partition coefficient (Wildman–Crippen LogP) is 1.68. The average Bonchev–Trinajstić information content (AvgIpc) is 2.75. The van der Waals surface area contributed by atoms with E-state index in [0.717, 1.165) is 11.1 Å². The SMILES string of the molecule is CC(=O)NCc1nnc(-c2cccc(C)c2)o1. The Morgan fingerprint density at radius 1 is 1.41 bits per heavy atom. The van der Waals surface area contributed by atoms with E-state index in [1.54, 1.807) is 0 Å². The van der Waals surface area contributed by atoms with E-state index in [4.69, 9.17) is 4.42 Å². The number of carbonyl (C=O) groups is 1. The molecular weight excluding hydrogens is 218 g/mol. The van der Waals surface area contributed by atoms with Crippen molar-refractivity contribution in [3.05, 3.63) is 35.7 Å². The average molecular weight is 231 g/mol. The molecule has 0 unspecified atom stereocenters. The number of benzene rings is 1. The molecule has 2 rings (SSSR count). The van der Waals surface area contributed by atoms with Gasteiger partial charge in [-0.1, -0.05) is 17.7 Å². The van der Waals surface area contributed by atoms with Gasteiger partial charge in [-0.05, 0) is 19.1 Å². The number of nitrogens with one attached hydrogen (secondary N) is 1. The van der Waals surface area contributed by atoms with Crippen LogP contribution in [0.5, 0.6) is 0 Å². The van der Waals surface area contributed by atoms with Crippen molar-refractivity contribution in [2.75, 3.05) is 0 Å². The fourth-order valence-corrected chi connectivity index (χ4v) is 1.42. The zero-order chi connectivity index (χ0) is 12.3. The van der Waals surface area contributed by atoms with Gasteiger partial charge in [0.05, 0.1) is 6.54 Å². The second-order valence-electron chi connectivity index (χ2n) is 3.78. The summed E-state index contributed by atoms with van der Waals surface area (Å²) < 4.78 is 5.44. The van der Waals surface area contributed by atoms with Crippen molar-refractivity contribution in [3.8, 4) is 11.5 Å². The number of hydrogen-bond acceptors (Lipinski definition) is 4. The first-order valence-electron chi connectivity index (χ1n) is 5.29. The number of nitrogens with zero attached hydrogens (tertiary/aromatic N) is 2. The van der Waals surface area contributed by atoms with Crippen molar-refractivity contribution < 1.29 is 9.21 Å². The van der Waals surface area contributed by atoms with Gasteiger partial charge in [0.25, 0.3) is 0 Å². The number of aromatic nitrogens is 2. The van der Waals surface area contributed by atoms with Gasteiger partial charge in [0.1, 0.15) is 0 Å². The molecule has 0 aliphatic rings. The van der Waals surface area contributed by atoms with Gasteiger partial charge in [-0.25, -0.2) is 0 Å². The van der Waals surface area contributed by atoms with Gasteiger partial charge in [-0.3, -0.25) is 4.79 Å². The Hall–Kier alpha value is -2.17. The molecule has 1 aromatic heterocycles. The first kappa shape index (κ1) is 11.3. The number of carbonyl (C=O) groups excluding carboxylic acids is 1. The molecule has 0 aliphatic carbocycles. The van der Waals surface area contributed by atoms with Crippen molar-refractivity contribution >= 4 is 5.91 Å². The molecule has 1 amide bonds. The van der Waals surface area contributed by atoms with E-state index in [0.29, 0.717) is 11.8 Å². The summed E-state index contributed by atoms with van der Waals surface area (Å²) in [6, 6.07) is 7.80. The summed E-state index contributed by atoms with van der Waals surface area (Å²) in [4.78, 5) is 10.7. The van der Waals surface area contributed by atoms with E-state index >= 15 is 0 Å². The molecule has 1 aromatic carbocycles. The van der Waals surface area contributed by atoms with Gasteiger partial charge in [-0.15, -0.1) is 10.2 Å². The molecule has 17 heavy (non-hydrogen) atoms. The second-order valence-corrected chi connectivity index (χ2v) is 3.78. The largest absolute Gasteiger partial charge is 0.419 e.